The van der Waals surface area contributed by atoms with E-state index in [4.69, 9.17) is 10.8 Å². The van der Waals surface area contributed by atoms with Crippen LogP contribution in [0.4, 0.5) is 0 Å². The highest BCUT2D eigenvalue weighted by Gasteiger charge is 2.15. The van der Waals surface area contributed by atoms with Gasteiger partial charge in [0.2, 0.25) is 5.91 Å². The largest absolute Gasteiger partial charge is 0.478 e. The Morgan fingerprint density at radius 3 is 2.47 bits per heavy atom. The standard InChI is InChI=1S/C13H17BrN2O3/c1-8(2)16(7-12(15)17)6-10-4-3-9(13(18)19)5-11(10)14/h3-5,8H,6-7H2,1-2H3,(H2,15,17)(H,18,19). The summed E-state index contributed by atoms with van der Waals surface area (Å²) in [6.07, 6.45) is 0. The van der Waals surface area contributed by atoms with Crippen molar-refractivity contribution in [1.29, 1.82) is 0 Å². The van der Waals surface area contributed by atoms with Gasteiger partial charge >= 0.3 is 5.97 Å². The summed E-state index contributed by atoms with van der Waals surface area (Å²) < 4.78 is 0.711. The van der Waals surface area contributed by atoms with Crippen LogP contribution in [0.3, 0.4) is 0 Å². The highest BCUT2D eigenvalue weighted by atomic mass is 79.9. The second-order valence-corrected chi connectivity index (χ2v) is 5.43. The number of carbonyl (C=O) groups is 2. The number of amides is 1. The number of carboxylic acids is 1. The first kappa shape index (κ1) is 15.7. The molecule has 1 amide bonds. The summed E-state index contributed by atoms with van der Waals surface area (Å²) in [5, 5.41) is 8.90. The fourth-order valence-electron chi connectivity index (χ4n) is 1.65. The van der Waals surface area contributed by atoms with Crippen LogP contribution < -0.4 is 5.73 Å². The number of primary amides is 1. The molecule has 0 radical (unpaired) electrons. The molecule has 0 bridgehead atoms. The Morgan fingerprint density at radius 2 is 2.05 bits per heavy atom. The topological polar surface area (TPSA) is 83.6 Å². The maximum Gasteiger partial charge on any atom is 0.335 e. The lowest BCUT2D eigenvalue weighted by Crippen LogP contribution is -2.38. The van der Waals surface area contributed by atoms with Crippen molar-refractivity contribution in [3.63, 3.8) is 0 Å². The highest BCUT2D eigenvalue weighted by molar-refractivity contribution is 9.10. The molecule has 0 aliphatic carbocycles. The summed E-state index contributed by atoms with van der Waals surface area (Å²) >= 11 is 3.35. The van der Waals surface area contributed by atoms with Gasteiger partial charge in [-0.25, -0.2) is 4.79 Å². The molecule has 0 saturated carbocycles. The number of carboxylic acid groups (broad SMARTS) is 1. The van der Waals surface area contributed by atoms with Gasteiger partial charge in [-0.2, -0.15) is 0 Å². The molecular weight excluding hydrogens is 312 g/mol. The quantitative estimate of drug-likeness (QED) is 0.834. The second-order valence-electron chi connectivity index (χ2n) is 4.58. The number of rotatable bonds is 6. The van der Waals surface area contributed by atoms with Gasteiger partial charge in [0.1, 0.15) is 0 Å². The van der Waals surface area contributed by atoms with E-state index in [9.17, 15) is 9.59 Å². The maximum atomic E-state index is 11.0. The van der Waals surface area contributed by atoms with Gasteiger partial charge in [0.15, 0.2) is 0 Å². The molecule has 6 heteroatoms. The van der Waals surface area contributed by atoms with Crippen molar-refractivity contribution in [3.8, 4) is 0 Å². The predicted molar refractivity (Wildman–Crippen MR) is 75.8 cm³/mol. The van der Waals surface area contributed by atoms with Crippen LogP contribution in [0.15, 0.2) is 22.7 Å². The Labute approximate surface area is 120 Å². The van der Waals surface area contributed by atoms with Gasteiger partial charge in [-0.3, -0.25) is 9.69 Å². The Bertz CT molecular complexity index is 489. The van der Waals surface area contributed by atoms with Gasteiger partial charge in [-0.05, 0) is 31.5 Å². The van der Waals surface area contributed by atoms with E-state index in [2.05, 4.69) is 15.9 Å². The summed E-state index contributed by atoms with van der Waals surface area (Å²) in [6, 6.07) is 5.01. The molecule has 0 aromatic heterocycles. The molecule has 0 fully saturated rings. The van der Waals surface area contributed by atoms with Crippen molar-refractivity contribution in [1.82, 2.24) is 4.90 Å². The third-order valence-electron chi connectivity index (χ3n) is 2.76. The van der Waals surface area contributed by atoms with Crippen molar-refractivity contribution < 1.29 is 14.7 Å². The molecule has 5 nitrogen and oxygen atoms in total. The molecule has 0 saturated heterocycles. The first-order chi connectivity index (χ1) is 8.81. The van der Waals surface area contributed by atoms with Crippen molar-refractivity contribution in [2.45, 2.75) is 26.4 Å². The molecule has 0 aliphatic rings. The van der Waals surface area contributed by atoms with E-state index >= 15 is 0 Å². The minimum Gasteiger partial charge on any atom is -0.478 e. The van der Waals surface area contributed by atoms with Gasteiger partial charge in [-0.1, -0.05) is 22.0 Å². The van der Waals surface area contributed by atoms with Gasteiger partial charge in [0.05, 0.1) is 12.1 Å². The summed E-state index contributed by atoms with van der Waals surface area (Å²) in [7, 11) is 0. The fourth-order valence-corrected chi connectivity index (χ4v) is 2.15. The summed E-state index contributed by atoms with van der Waals surface area (Å²) in [6.45, 7) is 4.65. The SMILES string of the molecule is CC(C)N(CC(N)=O)Cc1ccc(C(=O)O)cc1Br. The van der Waals surface area contributed by atoms with Crippen LogP contribution in [-0.4, -0.2) is 34.5 Å². The Morgan fingerprint density at radius 1 is 1.42 bits per heavy atom. The molecule has 19 heavy (non-hydrogen) atoms. The molecule has 104 valence electrons. The predicted octanol–water partition coefficient (Wildman–Crippen LogP) is 1.84. The lowest BCUT2D eigenvalue weighted by atomic mass is 10.1. The van der Waals surface area contributed by atoms with Crippen molar-refractivity contribution >= 4 is 27.8 Å². The maximum absolute atomic E-state index is 11.0. The third-order valence-corrected chi connectivity index (χ3v) is 3.50. The zero-order chi connectivity index (χ0) is 14.6. The van der Waals surface area contributed by atoms with E-state index < -0.39 is 5.97 Å². The molecule has 0 spiro atoms. The number of benzene rings is 1. The van der Waals surface area contributed by atoms with Crippen LogP contribution in [0, 0.1) is 0 Å². The molecule has 0 atom stereocenters. The first-order valence-corrected chi connectivity index (χ1v) is 6.64. The summed E-state index contributed by atoms with van der Waals surface area (Å²) in [5.74, 6) is -1.35. The number of nitrogens with two attached hydrogens (primary N) is 1. The van der Waals surface area contributed by atoms with Crippen LogP contribution in [-0.2, 0) is 11.3 Å². The molecule has 0 aliphatic heterocycles. The smallest absolute Gasteiger partial charge is 0.335 e. The van der Waals surface area contributed by atoms with Crippen molar-refractivity contribution in [2.75, 3.05) is 6.54 Å². The van der Waals surface area contributed by atoms with E-state index in [-0.39, 0.29) is 24.1 Å². The number of carbonyl (C=O) groups excluding carboxylic acids is 1. The average Bonchev–Trinajstić information content (AvgIpc) is 2.29. The number of hydrogen-bond donors (Lipinski definition) is 2. The normalized spacial score (nSPS) is 11.0. The van der Waals surface area contributed by atoms with E-state index in [0.717, 1.165) is 5.56 Å². The lowest BCUT2D eigenvalue weighted by Gasteiger charge is -2.25. The van der Waals surface area contributed by atoms with E-state index in [0.29, 0.717) is 11.0 Å². The van der Waals surface area contributed by atoms with E-state index in [1.165, 1.54) is 0 Å². The highest BCUT2D eigenvalue weighted by Crippen LogP contribution is 2.21. The van der Waals surface area contributed by atoms with Crippen molar-refractivity contribution in [2.24, 2.45) is 5.73 Å². The Hall–Kier alpha value is -1.40. The molecule has 0 heterocycles. The number of halogens is 1. The van der Waals surface area contributed by atoms with Crippen LogP contribution in [0.2, 0.25) is 0 Å². The van der Waals surface area contributed by atoms with Gasteiger partial charge in [-0.15, -0.1) is 0 Å². The first-order valence-electron chi connectivity index (χ1n) is 5.85. The van der Waals surface area contributed by atoms with Gasteiger partial charge < -0.3 is 10.8 Å². The molecule has 1 aromatic carbocycles. The van der Waals surface area contributed by atoms with Gasteiger partial charge in [0.25, 0.3) is 0 Å². The number of aromatic carboxylic acids is 1. The minimum atomic E-state index is -0.967. The van der Waals surface area contributed by atoms with E-state index in [1.54, 1.807) is 18.2 Å². The van der Waals surface area contributed by atoms with Crippen LogP contribution in [0.25, 0.3) is 0 Å². The lowest BCUT2D eigenvalue weighted by molar-refractivity contribution is -0.119. The van der Waals surface area contributed by atoms with Crippen LogP contribution in [0.1, 0.15) is 29.8 Å². The zero-order valence-corrected chi connectivity index (χ0v) is 12.5. The van der Waals surface area contributed by atoms with Crippen LogP contribution >= 0.6 is 15.9 Å². The van der Waals surface area contributed by atoms with E-state index in [1.807, 2.05) is 18.7 Å². The Balaban J connectivity index is 2.91. The summed E-state index contributed by atoms with van der Waals surface area (Å²) in [4.78, 5) is 23.8. The summed E-state index contributed by atoms with van der Waals surface area (Å²) in [5.41, 5.74) is 6.36. The fraction of sp³-hybridized carbons (Fsp3) is 0.385. The number of nitrogens with zero attached hydrogens (tertiary/aromatic N) is 1. The van der Waals surface area contributed by atoms with Gasteiger partial charge in [0, 0.05) is 17.1 Å². The molecular formula is C13H17BrN2O3. The Kier molecular flexibility index (Phi) is 5.50. The molecule has 1 rings (SSSR count). The van der Waals surface area contributed by atoms with Crippen LogP contribution in [0.5, 0.6) is 0 Å². The molecule has 0 unspecified atom stereocenters. The monoisotopic (exact) mass is 328 g/mol. The van der Waals surface area contributed by atoms with Crippen molar-refractivity contribution in [3.05, 3.63) is 33.8 Å². The third kappa shape index (κ3) is 4.65. The molecule has 3 N–H and O–H groups in total. The second kappa shape index (κ2) is 6.68. The minimum absolute atomic E-state index is 0.165. The number of hydrogen-bond acceptors (Lipinski definition) is 3. The average molecular weight is 329 g/mol. The zero-order valence-electron chi connectivity index (χ0n) is 10.9. The molecule has 1 aromatic rings.